The lowest BCUT2D eigenvalue weighted by molar-refractivity contribution is 0.454. The first-order chi connectivity index (χ1) is 8.97. The number of benzene rings is 1. The topological polar surface area (TPSA) is 25.2 Å². The van der Waals surface area contributed by atoms with Gasteiger partial charge in [0, 0.05) is 10.9 Å². The quantitative estimate of drug-likeness (QED) is 0.849. The largest absolute Gasteiger partial charge is 0.459 e. The molecule has 0 fully saturated rings. The van der Waals surface area contributed by atoms with E-state index >= 15 is 0 Å². The summed E-state index contributed by atoms with van der Waals surface area (Å²) in [5, 5.41) is 4.74. The molecular formula is C17H25NO. The number of hydrogen-bond donors (Lipinski definition) is 1. The third-order valence-electron chi connectivity index (χ3n) is 3.88. The van der Waals surface area contributed by atoms with Crippen LogP contribution in [0.2, 0.25) is 0 Å². The maximum atomic E-state index is 6.22. The van der Waals surface area contributed by atoms with E-state index in [1.165, 1.54) is 22.1 Å². The molecule has 1 atom stereocenters. The zero-order chi connectivity index (χ0) is 14.2. The summed E-state index contributed by atoms with van der Waals surface area (Å²) >= 11 is 0. The van der Waals surface area contributed by atoms with Crippen molar-refractivity contribution >= 4 is 11.0 Å². The van der Waals surface area contributed by atoms with Gasteiger partial charge in [-0.15, -0.1) is 0 Å². The van der Waals surface area contributed by atoms with Crippen LogP contribution in [0, 0.1) is 13.8 Å². The summed E-state index contributed by atoms with van der Waals surface area (Å²) in [6, 6.07) is 4.67. The van der Waals surface area contributed by atoms with Crippen LogP contribution in [0.3, 0.4) is 0 Å². The summed E-state index contributed by atoms with van der Waals surface area (Å²) in [5.41, 5.74) is 4.96. The summed E-state index contributed by atoms with van der Waals surface area (Å²) in [6.07, 6.45) is 0. The Bertz CT molecular complexity index is 580. The molecule has 2 nitrogen and oxygen atoms in total. The molecule has 19 heavy (non-hydrogen) atoms. The predicted octanol–water partition coefficient (Wildman–Crippen LogP) is 4.84. The van der Waals surface area contributed by atoms with Crippen molar-refractivity contribution in [2.45, 2.75) is 53.5 Å². The molecule has 0 aliphatic carbocycles. The van der Waals surface area contributed by atoms with Gasteiger partial charge in [0.25, 0.3) is 0 Å². The summed E-state index contributed by atoms with van der Waals surface area (Å²) in [5.74, 6) is 1.56. The first kappa shape index (κ1) is 14.1. The standard InChI is InChI=1S/C17H25NO/c1-7-18-13(6)16-12(5)15-11(4)8-9-14(10(2)3)17(15)19-16/h8-10,13,18H,7H2,1-6H3. The van der Waals surface area contributed by atoms with Crippen LogP contribution in [0.15, 0.2) is 16.5 Å². The molecule has 104 valence electrons. The average Bonchev–Trinajstić information content (AvgIpc) is 2.68. The second-order valence-corrected chi connectivity index (χ2v) is 5.70. The molecule has 1 aromatic heterocycles. The smallest absolute Gasteiger partial charge is 0.138 e. The van der Waals surface area contributed by atoms with Gasteiger partial charge in [0.1, 0.15) is 11.3 Å². The molecule has 0 aliphatic heterocycles. The van der Waals surface area contributed by atoms with Crippen molar-refractivity contribution in [1.29, 1.82) is 0 Å². The van der Waals surface area contributed by atoms with Gasteiger partial charge in [0.05, 0.1) is 6.04 Å². The Labute approximate surface area is 116 Å². The van der Waals surface area contributed by atoms with Crippen molar-refractivity contribution in [3.05, 3.63) is 34.6 Å². The fraction of sp³-hybridized carbons (Fsp3) is 0.529. The van der Waals surface area contributed by atoms with Gasteiger partial charge in [-0.25, -0.2) is 0 Å². The van der Waals surface area contributed by atoms with Crippen molar-refractivity contribution in [2.75, 3.05) is 6.54 Å². The van der Waals surface area contributed by atoms with Crippen molar-refractivity contribution in [1.82, 2.24) is 5.32 Å². The number of rotatable bonds is 4. The van der Waals surface area contributed by atoms with Crippen molar-refractivity contribution in [3.63, 3.8) is 0 Å². The van der Waals surface area contributed by atoms with Crippen LogP contribution < -0.4 is 5.32 Å². The summed E-state index contributed by atoms with van der Waals surface area (Å²) in [7, 11) is 0. The normalized spacial score (nSPS) is 13.4. The second kappa shape index (κ2) is 5.38. The number of furan rings is 1. The highest BCUT2D eigenvalue weighted by Crippen LogP contribution is 2.36. The maximum absolute atomic E-state index is 6.22. The molecular weight excluding hydrogens is 234 g/mol. The Morgan fingerprint density at radius 3 is 2.42 bits per heavy atom. The highest BCUT2D eigenvalue weighted by atomic mass is 16.3. The SMILES string of the molecule is CCNC(C)c1oc2c(C(C)C)ccc(C)c2c1C. The van der Waals surface area contributed by atoms with E-state index in [0.717, 1.165) is 17.9 Å². The molecule has 1 aromatic carbocycles. The van der Waals surface area contributed by atoms with E-state index in [0.29, 0.717) is 5.92 Å². The van der Waals surface area contributed by atoms with E-state index in [9.17, 15) is 0 Å². The molecule has 0 bridgehead atoms. The summed E-state index contributed by atoms with van der Waals surface area (Å²) in [6.45, 7) is 14.0. The molecule has 2 heteroatoms. The zero-order valence-corrected chi connectivity index (χ0v) is 12.9. The molecule has 0 saturated carbocycles. The fourth-order valence-electron chi connectivity index (χ4n) is 2.85. The molecule has 0 amide bonds. The van der Waals surface area contributed by atoms with Gasteiger partial charge in [-0.3, -0.25) is 0 Å². The van der Waals surface area contributed by atoms with Crippen LogP contribution in [0.25, 0.3) is 11.0 Å². The van der Waals surface area contributed by atoms with Gasteiger partial charge in [-0.05, 0) is 44.4 Å². The number of aryl methyl sites for hydroxylation is 2. The maximum Gasteiger partial charge on any atom is 0.138 e. The van der Waals surface area contributed by atoms with Crippen LogP contribution in [0.1, 0.15) is 62.1 Å². The zero-order valence-electron chi connectivity index (χ0n) is 12.9. The van der Waals surface area contributed by atoms with Crippen molar-refractivity contribution in [3.8, 4) is 0 Å². The third kappa shape index (κ3) is 2.42. The number of fused-ring (bicyclic) bond motifs is 1. The van der Waals surface area contributed by atoms with Gasteiger partial charge >= 0.3 is 0 Å². The predicted molar refractivity (Wildman–Crippen MR) is 81.9 cm³/mol. The van der Waals surface area contributed by atoms with Gasteiger partial charge < -0.3 is 9.73 Å². The average molecular weight is 259 g/mol. The Balaban J connectivity index is 2.67. The molecule has 2 rings (SSSR count). The van der Waals surface area contributed by atoms with Gasteiger partial charge in [0.2, 0.25) is 0 Å². The minimum absolute atomic E-state index is 0.261. The van der Waals surface area contributed by atoms with E-state index in [2.05, 4.69) is 59.0 Å². The Kier molecular flexibility index (Phi) is 4.00. The molecule has 2 aromatic rings. The third-order valence-corrected chi connectivity index (χ3v) is 3.88. The molecule has 0 saturated heterocycles. The highest BCUT2D eigenvalue weighted by molar-refractivity contribution is 5.88. The van der Waals surface area contributed by atoms with E-state index in [-0.39, 0.29) is 6.04 Å². The van der Waals surface area contributed by atoms with Crippen LogP contribution >= 0.6 is 0 Å². The van der Waals surface area contributed by atoms with Gasteiger partial charge in [-0.1, -0.05) is 32.9 Å². The summed E-state index contributed by atoms with van der Waals surface area (Å²) in [4.78, 5) is 0. The lowest BCUT2D eigenvalue weighted by Gasteiger charge is -2.10. The Hall–Kier alpha value is -1.28. The second-order valence-electron chi connectivity index (χ2n) is 5.70. The lowest BCUT2D eigenvalue weighted by atomic mass is 9.96. The molecule has 0 aliphatic rings. The molecule has 1 unspecified atom stereocenters. The molecule has 1 heterocycles. The summed E-state index contributed by atoms with van der Waals surface area (Å²) < 4.78 is 6.22. The van der Waals surface area contributed by atoms with Gasteiger partial charge in [0.15, 0.2) is 0 Å². The first-order valence-corrected chi connectivity index (χ1v) is 7.23. The number of nitrogens with one attached hydrogen (secondary N) is 1. The minimum Gasteiger partial charge on any atom is -0.459 e. The Morgan fingerprint density at radius 1 is 1.16 bits per heavy atom. The highest BCUT2D eigenvalue weighted by Gasteiger charge is 2.20. The molecule has 0 spiro atoms. The molecule has 1 N–H and O–H groups in total. The monoisotopic (exact) mass is 259 g/mol. The Morgan fingerprint density at radius 2 is 1.84 bits per heavy atom. The van der Waals surface area contributed by atoms with Crippen LogP contribution in [0.5, 0.6) is 0 Å². The van der Waals surface area contributed by atoms with Crippen molar-refractivity contribution < 1.29 is 4.42 Å². The lowest BCUT2D eigenvalue weighted by Crippen LogP contribution is -2.17. The number of hydrogen-bond acceptors (Lipinski definition) is 2. The van der Waals surface area contributed by atoms with E-state index in [4.69, 9.17) is 4.42 Å². The first-order valence-electron chi connectivity index (χ1n) is 7.23. The van der Waals surface area contributed by atoms with Crippen LogP contribution in [-0.4, -0.2) is 6.54 Å². The minimum atomic E-state index is 0.261. The van der Waals surface area contributed by atoms with E-state index < -0.39 is 0 Å². The van der Waals surface area contributed by atoms with Crippen molar-refractivity contribution in [2.24, 2.45) is 0 Å². The van der Waals surface area contributed by atoms with Crippen LogP contribution in [-0.2, 0) is 0 Å². The van der Waals surface area contributed by atoms with E-state index in [1.54, 1.807) is 0 Å². The van der Waals surface area contributed by atoms with Crippen LogP contribution in [0.4, 0.5) is 0 Å². The van der Waals surface area contributed by atoms with Gasteiger partial charge in [-0.2, -0.15) is 0 Å². The van der Waals surface area contributed by atoms with E-state index in [1.807, 2.05) is 0 Å². The fourth-order valence-corrected chi connectivity index (χ4v) is 2.85. The molecule has 0 radical (unpaired) electrons.